The largest absolute Gasteiger partial charge is 0.481 e. The monoisotopic (exact) mass is 393 g/mol. The van der Waals surface area contributed by atoms with E-state index in [-0.39, 0.29) is 0 Å². The molecular weight excluding hydrogens is 370 g/mol. The van der Waals surface area contributed by atoms with Crippen LogP contribution in [0.5, 0.6) is 0 Å². The summed E-state index contributed by atoms with van der Waals surface area (Å²) < 4.78 is 0. The Hall–Kier alpha value is -2.77. The molecule has 13 nitrogen and oxygen atoms in total. The van der Waals surface area contributed by atoms with Gasteiger partial charge in [-0.05, 0) is 0 Å². The van der Waals surface area contributed by atoms with Gasteiger partial charge in [0.05, 0.1) is 32.2 Å². The third-order valence-corrected chi connectivity index (χ3v) is 3.45. The van der Waals surface area contributed by atoms with Crippen LogP contribution in [0, 0.1) is 0 Å². The molecule has 27 heavy (non-hydrogen) atoms. The topological polar surface area (TPSA) is 242 Å². The Morgan fingerprint density at radius 3 is 1.04 bits per heavy atom. The van der Waals surface area contributed by atoms with Crippen LogP contribution in [0.15, 0.2) is 0 Å². The third-order valence-electron chi connectivity index (χ3n) is 3.45. The van der Waals surface area contributed by atoms with Gasteiger partial charge in [0, 0.05) is 24.2 Å². The molecule has 0 atom stereocenters. The molecule has 0 saturated heterocycles. The minimum atomic E-state index is -1.89. The fourth-order valence-electron chi connectivity index (χ4n) is 2.80. The Morgan fingerprint density at radius 1 is 0.593 bits per heavy atom. The molecule has 0 aromatic heterocycles. The van der Waals surface area contributed by atoms with Crippen molar-refractivity contribution in [3.63, 3.8) is 0 Å². The Bertz CT molecular complexity index is 530. The van der Waals surface area contributed by atoms with E-state index in [9.17, 15) is 24.0 Å². The van der Waals surface area contributed by atoms with Gasteiger partial charge >= 0.3 is 29.8 Å². The minimum absolute atomic E-state index is 0.573. The first-order chi connectivity index (χ1) is 12.2. The third kappa shape index (κ3) is 10.7. The zero-order valence-corrected chi connectivity index (χ0v) is 14.3. The summed E-state index contributed by atoms with van der Waals surface area (Å²) in [5.74, 6) is -7.11. The van der Waals surface area contributed by atoms with E-state index < -0.39 is 86.2 Å². The molecule has 0 bridgehead atoms. The highest BCUT2D eigenvalue weighted by Gasteiger charge is 2.38. The maximum absolute atomic E-state index is 11.1. The van der Waals surface area contributed by atoms with E-state index in [2.05, 4.69) is 0 Å². The van der Waals surface area contributed by atoms with Crippen LogP contribution in [0.4, 0.5) is 0 Å². The molecule has 0 aliphatic heterocycles. The maximum atomic E-state index is 11.1. The summed E-state index contributed by atoms with van der Waals surface area (Å²) in [5.41, 5.74) is 7.88. The van der Waals surface area contributed by atoms with E-state index in [1.54, 1.807) is 0 Å². The molecular formula is C14H23N3O10. The predicted octanol–water partition coefficient (Wildman–Crippen LogP) is -2.33. The number of aliphatic carboxylic acids is 5. The Morgan fingerprint density at radius 2 is 0.852 bits per heavy atom. The van der Waals surface area contributed by atoms with Gasteiger partial charge in [0.1, 0.15) is 0 Å². The number of hydrogen-bond donors (Lipinski definition) is 7. The van der Waals surface area contributed by atoms with Crippen LogP contribution in [0.3, 0.4) is 0 Å². The molecule has 0 aromatic rings. The Labute approximate surface area is 153 Å². The molecule has 0 aliphatic rings. The van der Waals surface area contributed by atoms with Crippen molar-refractivity contribution in [2.75, 3.05) is 19.6 Å². The molecule has 13 heteroatoms. The first kappa shape index (κ1) is 24.2. The average Bonchev–Trinajstić information content (AvgIpc) is 2.30. The number of carbonyl (C=O) groups is 5. The van der Waals surface area contributed by atoms with Gasteiger partial charge in [0.25, 0.3) is 0 Å². The standard InChI is InChI=1S/C14H23N3O10/c15-13(1-8(18)19,2-9(20)21)6-17(5-12(26)27)7-14(16,3-10(22)23)4-11(24)25/h1-7,15-16H2,(H,18,19)(H,20,21)(H,22,23)(H,24,25)(H,26,27). The van der Waals surface area contributed by atoms with Crippen LogP contribution >= 0.6 is 0 Å². The van der Waals surface area contributed by atoms with E-state index in [0.29, 0.717) is 0 Å². The van der Waals surface area contributed by atoms with Crippen molar-refractivity contribution in [3.05, 3.63) is 0 Å². The van der Waals surface area contributed by atoms with Crippen LogP contribution in [0.25, 0.3) is 0 Å². The number of hydrogen-bond acceptors (Lipinski definition) is 8. The second-order valence-electron chi connectivity index (χ2n) is 6.55. The fourth-order valence-corrected chi connectivity index (χ4v) is 2.80. The second kappa shape index (κ2) is 9.80. The van der Waals surface area contributed by atoms with E-state index in [4.69, 9.17) is 37.0 Å². The SMILES string of the molecule is NC(CC(=O)O)(CC(=O)O)CN(CC(=O)O)CC(N)(CC(=O)O)CC(=O)O. The lowest BCUT2D eigenvalue weighted by molar-refractivity contribution is -0.142. The quantitative estimate of drug-likeness (QED) is 0.164. The van der Waals surface area contributed by atoms with Crippen molar-refractivity contribution >= 4 is 29.8 Å². The highest BCUT2D eigenvalue weighted by molar-refractivity contribution is 5.74. The Kier molecular flexibility index (Phi) is 8.79. The molecule has 9 N–H and O–H groups in total. The lowest BCUT2D eigenvalue weighted by Crippen LogP contribution is -2.59. The smallest absolute Gasteiger partial charge is 0.317 e. The van der Waals surface area contributed by atoms with Gasteiger partial charge in [-0.15, -0.1) is 0 Å². The summed E-state index contributed by atoms with van der Waals surface area (Å²) in [6, 6.07) is 0. The summed E-state index contributed by atoms with van der Waals surface area (Å²) in [5, 5.41) is 44.8. The van der Waals surface area contributed by atoms with Crippen molar-refractivity contribution in [2.24, 2.45) is 11.5 Å². The molecule has 0 unspecified atom stereocenters. The minimum Gasteiger partial charge on any atom is -0.481 e. The molecule has 0 aromatic carbocycles. The number of rotatable bonds is 14. The van der Waals surface area contributed by atoms with Crippen LogP contribution in [0.2, 0.25) is 0 Å². The van der Waals surface area contributed by atoms with Gasteiger partial charge in [-0.25, -0.2) is 0 Å². The molecule has 0 amide bonds. The van der Waals surface area contributed by atoms with Crippen LogP contribution < -0.4 is 11.5 Å². The zero-order chi connectivity index (χ0) is 21.4. The number of carboxylic acids is 5. The van der Waals surface area contributed by atoms with Gasteiger partial charge in [-0.3, -0.25) is 28.9 Å². The van der Waals surface area contributed by atoms with Crippen LogP contribution in [-0.2, 0) is 24.0 Å². The van der Waals surface area contributed by atoms with E-state index in [1.807, 2.05) is 0 Å². The second-order valence-corrected chi connectivity index (χ2v) is 6.55. The summed E-state index contributed by atoms with van der Waals surface area (Å²) in [6.45, 7) is -1.93. The molecule has 0 rings (SSSR count). The molecule has 0 saturated carbocycles. The molecule has 154 valence electrons. The maximum Gasteiger partial charge on any atom is 0.317 e. The number of nitrogens with two attached hydrogens (primary N) is 2. The van der Waals surface area contributed by atoms with Gasteiger partial charge in [0.15, 0.2) is 0 Å². The van der Waals surface area contributed by atoms with E-state index >= 15 is 0 Å². The van der Waals surface area contributed by atoms with Gasteiger partial charge < -0.3 is 37.0 Å². The Balaban J connectivity index is 5.68. The van der Waals surface area contributed by atoms with Gasteiger partial charge in [-0.1, -0.05) is 0 Å². The van der Waals surface area contributed by atoms with Gasteiger partial charge in [-0.2, -0.15) is 0 Å². The number of carboxylic acid groups (broad SMARTS) is 5. The highest BCUT2D eigenvalue weighted by atomic mass is 16.4. The molecule has 0 aliphatic carbocycles. The lowest BCUT2D eigenvalue weighted by Gasteiger charge is -2.37. The van der Waals surface area contributed by atoms with Crippen molar-refractivity contribution in [3.8, 4) is 0 Å². The molecule has 0 fully saturated rings. The van der Waals surface area contributed by atoms with E-state index in [0.717, 1.165) is 4.90 Å². The lowest BCUT2D eigenvalue weighted by atomic mass is 9.88. The number of nitrogens with zero attached hydrogens (tertiary/aromatic N) is 1. The van der Waals surface area contributed by atoms with Gasteiger partial charge in [0.2, 0.25) is 0 Å². The van der Waals surface area contributed by atoms with Crippen molar-refractivity contribution in [1.82, 2.24) is 4.90 Å². The van der Waals surface area contributed by atoms with Crippen molar-refractivity contribution < 1.29 is 49.5 Å². The molecule has 0 spiro atoms. The summed E-state index contributed by atoms with van der Waals surface area (Å²) in [7, 11) is 0. The summed E-state index contributed by atoms with van der Waals surface area (Å²) in [4.78, 5) is 56.0. The summed E-state index contributed by atoms with van der Waals surface area (Å²) in [6.07, 6.45) is -3.26. The average molecular weight is 393 g/mol. The van der Waals surface area contributed by atoms with E-state index in [1.165, 1.54) is 0 Å². The first-order valence-electron chi connectivity index (χ1n) is 7.55. The van der Waals surface area contributed by atoms with Crippen LogP contribution in [0.1, 0.15) is 25.7 Å². The summed E-state index contributed by atoms with van der Waals surface area (Å²) >= 11 is 0. The van der Waals surface area contributed by atoms with Crippen LogP contribution in [-0.4, -0.2) is 91.0 Å². The van der Waals surface area contributed by atoms with Crippen molar-refractivity contribution in [1.29, 1.82) is 0 Å². The molecule has 0 radical (unpaired) electrons. The highest BCUT2D eigenvalue weighted by Crippen LogP contribution is 2.20. The normalized spacial score (nSPS) is 12.0. The molecule has 0 heterocycles. The van der Waals surface area contributed by atoms with Crippen molar-refractivity contribution in [2.45, 2.75) is 36.8 Å². The fraction of sp³-hybridized carbons (Fsp3) is 0.643. The first-order valence-corrected chi connectivity index (χ1v) is 7.55. The zero-order valence-electron chi connectivity index (χ0n) is 14.3. The predicted molar refractivity (Wildman–Crippen MR) is 86.9 cm³/mol.